The van der Waals surface area contributed by atoms with Crippen molar-refractivity contribution in [2.24, 2.45) is 0 Å². The van der Waals surface area contributed by atoms with E-state index in [1.807, 2.05) is 19.2 Å². The van der Waals surface area contributed by atoms with Gasteiger partial charge >= 0.3 is 0 Å². The Labute approximate surface area is 150 Å². The van der Waals surface area contributed by atoms with Crippen LogP contribution in [0.15, 0.2) is 30.9 Å². The summed E-state index contributed by atoms with van der Waals surface area (Å²) in [6.45, 7) is 5.02. The van der Waals surface area contributed by atoms with Gasteiger partial charge in [-0.1, -0.05) is 0 Å². The summed E-state index contributed by atoms with van der Waals surface area (Å²) in [7, 11) is 1.82. The molecule has 3 rings (SSSR count). The molecule has 1 N–H and O–H groups in total. The van der Waals surface area contributed by atoms with Gasteiger partial charge in [-0.3, -0.25) is 9.78 Å². The number of carbonyl (C=O) groups excluding carboxylic acids is 1. The number of hydrogen-bond donors (Lipinski definition) is 1. The maximum atomic E-state index is 12.4. The average Bonchev–Trinajstić information content (AvgIpc) is 2.93. The molecule has 130 valence electrons. The van der Waals surface area contributed by atoms with Crippen LogP contribution in [0.1, 0.15) is 16.0 Å². The fraction of sp³-hybridized carbons (Fsp3) is 0.333. The summed E-state index contributed by atoms with van der Waals surface area (Å²) in [5.74, 6) is 0.758. The highest BCUT2D eigenvalue weighted by Gasteiger charge is 2.14. The first-order valence-electron chi connectivity index (χ1n) is 8.13. The molecule has 0 bridgehead atoms. The number of fused-ring (bicyclic) bond motifs is 1. The Bertz CT molecular complexity index is 878. The lowest BCUT2D eigenvalue weighted by Crippen LogP contribution is -2.33. The largest absolute Gasteiger partial charge is 0.360 e. The molecule has 1 amide bonds. The lowest BCUT2D eigenvalue weighted by molar-refractivity contribution is -0.127. The zero-order chi connectivity index (χ0) is 17.8. The number of pyridine rings is 1. The first kappa shape index (κ1) is 17.3. The summed E-state index contributed by atoms with van der Waals surface area (Å²) >= 11 is 1.65. The van der Waals surface area contributed by atoms with Crippen LogP contribution in [0.3, 0.4) is 0 Å². The van der Waals surface area contributed by atoms with Gasteiger partial charge in [0.25, 0.3) is 0 Å². The van der Waals surface area contributed by atoms with Gasteiger partial charge in [-0.2, -0.15) is 0 Å². The Morgan fingerprint density at radius 3 is 2.76 bits per heavy atom. The second-order valence-electron chi connectivity index (χ2n) is 5.96. The highest BCUT2D eigenvalue weighted by atomic mass is 32.1. The minimum Gasteiger partial charge on any atom is -0.360 e. The van der Waals surface area contributed by atoms with Gasteiger partial charge in [0.2, 0.25) is 5.91 Å². The first-order valence-corrected chi connectivity index (χ1v) is 8.95. The quantitative estimate of drug-likeness (QED) is 0.736. The lowest BCUT2D eigenvalue weighted by atomic mass is 10.2. The fourth-order valence-corrected chi connectivity index (χ4v) is 3.58. The molecule has 0 aliphatic carbocycles. The number of nitrogens with zero attached hydrogens (tertiary/aromatic N) is 4. The molecule has 0 radical (unpaired) electrons. The van der Waals surface area contributed by atoms with Gasteiger partial charge in [0, 0.05) is 30.9 Å². The van der Waals surface area contributed by atoms with Crippen LogP contribution >= 0.6 is 11.3 Å². The molecule has 25 heavy (non-hydrogen) atoms. The smallest absolute Gasteiger partial charge is 0.241 e. The van der Waals surface area contributed by atoms with Crippen LogP contribution in [-0.4, -0.2) is 45.9 Å². The molecule has 0 saturated carbocycles. The Kier molecular flexibility index (Phi) is 5.23. The number of amides is 1. The number of hydrogen-bond acceptors (Lipinski definition) is 6. The van der Waals surface area contributed by atoms with Crippen molar-refractivity contribution in [2.45, 2.75) is 20.3 Å². The van der Waals surface area contributed by atoms with Crippen molar-refractivity contribution in [3.63, 3.8) is 0 Å². The topological polar surface area (TPSA) is 71.0 Å². The van der Waals surface area contributed by atoms with Gasteiger partial charge < -0.3 is 10.2 Å². The molecule has 7 heteroatoms. The van der Waals surface area contributed by atoms with E-state index in [0.717, 1.165) is 22.5 Å². The number of likely N-dealkylation sites (N-methyl/N-ethyl adjacent to an activating group) is 1. The Morgan fingerprint density at radius 2 is 2.00 bits per heavy atom. The summed E-state index contributed by atoms with van der Waals surface area (Å²) in [5.41, 5.74) is 2.34. The third kappa shape index (κ3) is 3.93. The molecule has 0 atom stereocenters. The fourth-order valence-electron chi connectivity index (χ4n) is 2.58. The van der Waals surface area contributed by atoms with Gasteiger partial charge in [-0.05, 0) is 43.5 Å². The van der Waals surface area contributed by atoms with Crippen molar-refractivity contribution in [3.8, 4) is 0 Å². The molecule has 0 saturated heterocycles. The minimum absolute atomic E-state index is 0.0328. The maximum absolute atomic E-state index is 12.4. The molecule has 0 aliphatic heterocycles. The van der Waals surface area contributed by atoms with E-state index in [-0.39, 0.29) is 12.5 Å². The van der Waals surface area contributed by atoms with Crippen LogP contribution in [-0.2, 0) is 11.2 Å². The van der Waals surface area contributed by atoms with E-state index < -0.39 is 0 Å². The van der Waals surface area contributed by atoms with Crippen molar-refractivity contribution in [2.75, 3.05) is 25.5 Å². The van der Waals surface area contributed by atoms with Crippen molar-refractivity contribution in [3.05, 3.63) is 46.9 Å². The van der Waals surface area contributed by atoms with E-state index in [1.54, 1.807) is 28.6 Å². The molecule has 0 spiro atoms. The van der Waals surface area contributed by atoms with Gasteiger partial charge in [-0.25, -0.2) is 9.97 Å². The van der Waals surface area contributed by atoms with Gasteiger partial charge in [0.15, 0.2) is 0 Å². The van der Waals surface area contributed by atoms with Crippen molar-refractivity contribution in [1.82, 2.24) is 19.9 Å². The molecule has 0 aliphatic rings. The molecule has 0 aromatic carbocycles. The van der Waals surface area contributed by atoms with E-state index in [0.29, 0.717) is 6.54 Å². The van der Waals surface area contributed by atoms with Crippen molar-refractivity contribution < 1.29 is 4.79 Å². The Morgan fingerprint density at radius 1 is 1.24 bits per heavy atom. The first-order chi connectivity index (χ1) is 12.1. The Hall–Kier alpha value is -2.54. The third-order valence-electron chi connectivity index (χ3n) is 4.28. The van der Waals surface area contributed by atoms with E-state index >= 15 is 0 Å². The number of anilines is 1. The molecular formula is C18H21N5OS. The van der Waals surface area contributed by atoms with Crippen LogP contribution in [0.2, 0.25) is 0 Å². The molecule has 6 nitrogen and oxygen atoms in total. The van der Waals surface area contributed by atoms with Crippen LogP contribution in [0.4, 0.5) is 5.82 Å². The zero-order valence-corrected chi connectivity index (χ0v) is 15.4. The summed E-state index contributed by atoms with van der Waals surface area (Å²) in [4.78, 5) is 28.9. The predicted octanol–water partition coefficient (Wildman–Crippen LogP) is 2.82. The highest BCUT2D eigenvalue weighted by Crippen LogP contribution is 2.32. The number of aromatic nitrogens is 3. The summed E-state index contributed by atoms with van der Waals surface area (Å²) in [6.07, 6.45) is 5.89. The second-order valence-corrected chi connectivity index (χ2v) is 7.16. The van der Waals surface area contributed by atoms with Crippen molar-refractivity contribution in [1.29, 1.82) is 0 Å². The number of aryl methyl sites for hydroxylation is 2. The molecule has 0 fully saturated rings. The zero-order valence-electron chi connectivity index (χ0n) is 14.6. The highest BCUT2D eigenvalue weighted by molar-refractivity contribution is 7.18. The molecule has 3 heterocycles. The third-order valence-corrected chi connectivity index (χ3v) is 5.40. The SMILES string of the molecule is Cc1sc2ncnc(NCC(=O)N(C)CCc3ccncc3)c2c1C. The van der Waals surface area contributed by atoms with E-state index in [1.165, 1.54) is 22.3 Å². The standard InChI is InChI=1S/C18H21N5OS/c1-12-13(2)25-18-16(12)17(21-11-22-18)20-10-15(24)23(3)9-6-14-4-7-19-8-5-14/h4-5,7-8,11H,6,9-10H2,1-3H3,(H,20,21,22). The molecule has 3 aromatic heterocycles. The molecule has 0 unspecified atom stereocenters. The van der Waals surface area contributed by atoms with Crippen LogP contribution in [0.25, 0.3) is 10.2 Å². The van der Waals surface area contributed by atoms with Crippen LogP contribution in [0, 0.1) is 13.8 Å². The number of rotatable bonds is 6. The molecular weight excluding hydrogens is 334 g/mol. The summed E-state index contributed by atoms with van der Waals surface area (Å²) < 4.78 is 0. The number of thiophene rings is 1. The van der Waals surface area contributed by atoms with E-state index in [2.05, 4.69) is 34.1 Å². The maximum Gasteiger partial charge on any atom is 0.241 e. The second kappa shape index (κ2) is 7.57. The van der Waals surface area contributed by atoms with Crippen molar-refractivity contribution >= 4 is 33.3 Å². The minimum atomic E-state index is 0.0328. The van der Waals surface area contributed by atoms with Crippen LogP contribution < -0.4 is 5.32 Å². The van der Waals surface area contributed by atoms with E-state index in [4.69, 9.17) is 0 Å². The van der Waals surface area contributed by atoms with Gasteiger partial charge in [0.1, 0.15) is 17.0 Å². The normalized spacial score (nSPS) is 10.8. The van der Waals surface area contributed by atoms with E-state index in [9.17, 15) is 4.79 Å². The summed E-state index contributed by atoms with van der Waals surface area (Å²) in [5, 5.41) is 4.19. The van der Waals surface area contributed by atoms with Crippen LogP contribution in [0.5, 0.6) is 0 Å². The average molecular weight is 355 g/mol. The monoisotopic (exact) mass is 355 g/mol. The van der Waals surface area contributed by atoms with Gasteiger partial charge in [0.05, 0.1) is 11.9 Å². The van der Waals surface area contributed by atoms with Gasteiger partial charge in [-0.15, -0.1) is 11.3 Å². The number of nitrogens with one attached hydrogen (secondary N) is 1. The molecule has 3 aromatic rings. The predicted molar refractivity (Wildman–Crippen MR) is 101 cm³/mol. The lowest BCUT2D eigenvalue weighted by Gasteiger charge is -2.18. The Balaban J connectivity index is 1.60. The number of carbonyl (C=O) groups is 1. The summed E-state index contributed by atoms with van der Waals surface area (Å²) in [6, 6.07) is 3.94.